The number of carbonyl (C=O) groups excluding carboxylic acids is 1. The first-order chi connectivity index (χ1) is 12.9. The summed E-state index contributed by atoms with van der Waals surface area (Å²) in [5.74, 6) is 0.308. The van der Waals surface area contributed by atoms with Gasteiger partial charge in [-0.15, -0.1) is 0 Å². The Morgan fingerprint density at radius 2 is 1.81 bits per heavy atom. The van der Waals surface area contributed by atoms with E-state index in [1.54, 1.807) is 18.2 Å². The Balaban J connectivity index is 1.84. The van der Waals surface area contributed by atoms with E-state index in [2.05, 4.69) is 20.9 Å². The van der Waals surface area contributed by atoms with E-state index in [0.29, 0.717) is 27.3 Å². The van der Waals surface area contributed by atoms with Crippen LogP contribution in [0.15, 0.2) is 45.7 Å². The summed E-state index contributed by atoms with van der Waals surface area (Å²) in [6.07, 6.45) is 0. The van der Waals surface area contributed by atoms with Crippen LogP contribution in [0.1, 0.15) is 21.7 Å². The van der Waals surface area contributed by atoms with Crippen LogP contribution in [-0.2, 0) is 11.3 Å². The van der Waals surface area contributed by atoms with E-state index in [1.807, 2.05) is 19.1 Å². The van der Waals surface area contributed by atoms with Crippen molar-refractivity contribution in [2.24, 2.45) is 0 Å². The quantitative estimate of drug-likeness (QED) is 0.576. The van der Waals surface area contributed by atoms with Crippen LogP contribution in [0, 0.1) is 6.92 Å². The Hall–Kier alpha value is -2.87. The van der Waals surface area contributed by atoms with Gasteiger partial charge in [-0.3, -0.25) is 9.20 Å². The first kappa shape index (κ1) is 18.9. The standard InChI is InChI=1S/C19H17BrN2O5/c1-11-5-4-6-16-21-13(9-17(23)22(11)16)10-27-19(24)12-7-14(25-2)18(20)15(8-12)26-3/h4-9H,10H2,1-3H3. The fraction of sp³-hybridized carbons (Fsp3) is 0.211. The Morgan fingerprint density at radius 3 is 2.44 bits per heavy atom. The number of hydrogen-bond donors (Lipinski definition) is 0. The molecule has 0 unspecified atom stereocenters. The first-order valence-corrected chi connectivity index (χ1v) is 8.81. The number of hydrogen-bond acceptors (Lipinski definition) is 6. The van der Waals surface area contributed by atoms with Crippen molar-refractivity contribution in [3.8, 4) is 11.5 Å². The maximum Gasteiger partial charge on any atom is 0.338 e. The molecule has 3 aromatic rings. The fourth-order valence-electron chi connectivity index (χ4n) is 2.65. The number of aromatic nitrogens is 2. The number of halogens is 1. The van der Waals surface area contributed by atoms with Crippen molar-refractivity contribution < 1.29 is 19.0 Å². The van der Waals surface area contributed by atoms with Crippen LogP contribution in [-0.4, -0.2) is 29.6 Å². The lowest BCUT2D eigenvalue weighted by atomic mass is 10.2. The number of fused-ring (bicyclic) bond motifs is 1. The molecule has 0 fully saturated rings. The molecule has 2 aromatic heterocycles. The molecule has 0 amide bonds. The van der Waals surface area contributed by atoms with Gasteiger partial charge in [0.2, 0.25) is 0 Å². The maximum absolute atomic E-state index is 12.4. The molecule has 3 rings (SSSR count). The summed E-state index contributed by atoms with van der Waals surface area (Å²) < 4.78 is 17.9. The van der Waals surface area contributed by atoms with Gasteiger partial charge >= 0.3 is 5.97 Å². The molecule has 0 aliphatic rings. The number of ether oxygens (including phenoxy) is 3. The molecule has 0 radical (unpaired) electrons. The summed E-state index contributed by atoms with van der Waals surface area (Å²) in [6, 6.07) is 9.81. The predicted molar refractivity (Wildman–Crippen MR) is 103 cm³/mol. The molecule has 8 heteroatoms. The second kappa shape index (κ2) is 7.79. The lowest BCUT2D eigenvalue weighted by Crippen LogP contribution is -2.18. The minimum Gasteiger partial charge on any atom is -0.495 e. The smallest absolute Gasteiger partial charge is 0.338 e. The predicted octanol–water partition coefficient (Wildman–Crippen LogP) is 3.14. The molecule has 27 heavy (non-hydrogen) atoms. The third-order valence-electron chi connectivity index (χ3n) is 3.97. The highest BCUT2D eigenvalue weighted by Crippen LogP contribution is 2.35. The summed E-state index contributed by atoms with van der Waals surface area (Å²) in [6.45, 7) is 1.70. The molecule has 140 valence electrons. The monoisotopic (exact) mass is 432 g/mol. The minimum atomic E-state index is -0.578. The lowest BCUT2D eigenvalue weighted by Gasteiger charge is -2.11. The van der Waals surface area contributed by atoms with Gasteiger partial charge in [0.25, 0.3) is 5.56 Å². The highest BCUT2D eigenvalue weighted by atomic mass is 79.9. The van der Waals surface area contributed by atoms with Crippen molar-refractivity contribution in [2.45, 2.75) is 13.5 Å². The third kappa shape index (κ3) is 3.80. The van der Waals surface area contributed by atoms with Crippen molar-refractivity contribution in [1.29, 1.82) is 0 Å². The van der Waals surface area contributed by atoms with E-state index < -0.39 is 5.97 Å². The second-order valence-electron chi connectivity index (χ2n) is 5.72. The molecule has 1 aromatic carbocycles. The topological polar surface area (TPSA) is 79.1 Å². The van der Waals surface area contributed by atoms with Crippen molar-refractivity contribution >= 4 is 27.5 Å². The zero-order valence-electron chi connectivity index (χ0n) is 15.0. The normalized spacial score (nSPS) is 10.7. The van der Waals surface area contributed by atoms with Crippen molar-refractivity contribution in [1.82, 2.24) is 9.38 Å². The number of carbonyl (C=O) groups is 1. The summed E-state index contributed by atoms with van der Waals surface area (Å²) >= 11 is 3.35. The molecule has 0 bridgehead atoms. The highest BCUT2D eigenvalue weighted by Gasteiger charge is 2.16. The van der Waals surface area contributed by atoms with E-state index in [0.717, 1.165) is 5.69 Å². The lowest BCUT2D eigenvalue weighted by molar-refractivity contribution is 0.0467. The van der Waals surface area contributed by atoms with Crippen LogP contribution in [0.5, 0.6) is 11.5 Å². The van der Waals surface area contributed by atoms with Gasteiger partial charge in [0, 0.05) is 11.8 Å². The van der Waals surface area contributed by atoms with Crippen molar-refractivity contribution in [3.63, 3.8) is 0 Å². The summed E-state index contributed by atoms with van der Waals surface area (Å²) in [7, 11) is 2.98. The number of esters is 1. The van der Waals surface area contributed by atoms with Crippen LogP contribution in [0.25, 0.3) is 5.65 Å². The number of benzene rings is 1. The van der Waals surface area contributed by atoms with Gasteiger partial charge in [-0.2, -0.15) is 0 Å². The largest absolute Gasteiger partial charge is 0.495 e. The van der Waals surface area contributed by atoms with Gasteiger partial charge in [-0.1, -0.05) is 6.07 Å². The van der Waals surface area contributed by atoms with Crippen molar-refractivity contribution in [2.75, 3.05) is 14.2 Å². The molecule has 0 aliphatic heterocycles. The van der Waals surface area contributed by atoms with Crippen LogP contribution >= 0.6 is 15.9 Å². The molecule has 0 spiro atoms. The molecule has 7 nitrogen and oxygen atoms in total. The average molecular weight is 433 g/mol. The zero-order valence-corrected chi connectivity index (χ0v) is 16.6. The Kier molecular flexibility index (Phi) is 5.46. The Labute approximate surface area is 163 Å². The molecule has 2 heterocycles. The van der Waals surface area contributed by atoms with Gasteiger partial charge in [0.1, 0.15) is 28.2 Å². The number of methoxy groups -OCH3 is 2. The van der Waals surface area contributed by atoms with Gasteiger partial charge in [0.05, 0.1) is 25.5 Å². The second-order valence-corrected chi connectivity index (χ2v) is 6.51. The van der Waals surface area contributed by atoms with E-state index in [9.17, 15) is 9.59 Å². The number of nitrogens with zero attached hydrogens (tertiary/aromatic N) is 2. The maximum atomic E-state index is 12.4. The SMILES string of the molecule is COc1cc(C(=O)OCc2cc(=O)n3c(C)cccc3n2)cc(OC)c1Br. The van der Waals surface area contributed by atoms with Gasteiger partial charge in [-0.05, 0) is 47.1 Å². The Morgan fingerprint density at radius 1 is 1.15 bits per heavy atom. The summed E-state index contributed by atoms with van der Waals surface area (Å²) in [5, 5.41) is 0. The molecular weight excluding hydrogens is 416 g/mol. The van der Waals surface area contributed by atoms with Gasteiger partial charge < -0.3 is 14.2 Å². The zero-order chi connectivity index (χ0) is 19.6. The Bertz CT molecular complexity index is 1050. The van der Waals surface area contributed by atoms with Crippen LogP contribution < -0.4 is 15.0 Å². The van der Waals surface area contributed by atoms with Gasteiger partial charge in [0.15, 0.2) is 0 Å². The molecule has 0 N–H and O–H groups in total. The minimum absolute atomic E-state index is 0.126. The van der Waals surface area contributed by atoms with Gasteiger partial charge in [-0.25, -0.2) is 9.78 Å². The molecule has 0 atom stereocenters. The number of pyridine rings is 1. The summed E-state index contributed by atoms with van der Waals surface area (Å²) in [4.78, 5) is 29.1. The number of rotatable bonds is 5. The van der Waals surface area contributed by atoms with E-state index in [4.69, 9.17) is 14.2 Å². The molecular formula is C19H17BrN2O5. The van der Waals surface area contributed by atoms with E-state index >= 15 is 0 Å². The first-order valence-electron chi connectivity index (χ1n) is 8.01. The number of aryl methyl sites for hydroxylation is 1. The van der Waals surface area contributed by atoms with Crippen LogP contribution in [0.4, 0.5) is 0 Å². The van der Waals surface area contributed by atoms with Crippen LogP contribution in [0.3, 0.4) is 0 Å². The molecule has 0 aliphatic carbocycles. The fourth-order valence-corrected chi connectivity index (χ4v) is 3.20. The highest BCUT2D eigenvalue weighted by molar-refractivity contribution is 9.10. The van der Waals surface area contributed by atoms with E-state index in [-0.39, 0.29) is 17.7 Å². The molecule has 0 saturated carbocycles. The summed E-state index contributed by atoms with van der Waals surface area (Å²) in [5.41, 5.74) is 1.69. The van der Waals surface area contributed by atoms with Crippen LogP contribution in [0.2, 0.25) is 0 Å². The van der Waals surface area contributed by atoms with E-state index in [1.165, 1.54) is 24.7 Å². The average Bonchev–Trinajstić information content (AvgIpc) is 2.66. The third-order valence-corrected chi connectivity index (χ3v) is 4.75. The van der Waals surface area contributed by atoms with Crippen molar-refractivity contribution in [3.05, 3.63) is 68.2 Å². The molecule has 0 saturated heterocycles.